The molecule has 0 radical (unpaired) electrons. The van der Waals surface area contributed by atoms with Gasteiger partial charge in [-0.25, -0.2) is 0 Å². The van der Waals surface area contributed by atoms with Crippen LogP contribution in [-0.4, -0.2) is 14.9 Å². The number of aromatic nitrogens is 2. The molecule has 1 unspecified atom stereocenters. The Bertz CT molecular complexity index is 608. The predicted molar refractivity (Wildman–Crippen MR) is 78.0 cm³/mol. The molecule has 1 aliphatic carbocycles. The van der Waals surface area contributed by atoms with Gasteiger partial charge in [0.1, 0.15) is 0 Å². The minimum atomic E-state index is -0.770. The molecule has 0 saturated heterocycles. The van der Waals surface area contributed by atoms with Crippen molar-refractivity contribution in [2.45, 2.75) is 38.3 Å². The van der Waals surface area contributed by atoms with E-state index in [0.29, 0.717) is 6.42 Å². The summed E-state index contributed by atoms with van der Waals surface area (Å²) in [6.07, 6.45) is 6.09. The average molecular weight is 321 g/mol. The van der Waals surface area contributed by atoms with Crippen LogP contribution in [0, 0.1) is 0 Å². The van der Waals surface area contributed by atoms with Crippen LogP contribution in [0.25, 0.3) is 0 Å². The SMILES string of the molecule is CCn1cc(C2(O)CCc3cc(Br)ccc3C2)cn1. The van der Waals surface area contributed by atoms with Gasteiger partial charge in [-0.3, -0.25) is 4.68 Å². The number of rotatable bonds is 2. The molecule has 1 aromatic heterocycles. The summed E-state index contributed by atoms with van der Waals surface area (Å²) in [6.45, 7) is 2.88. The first-order valence-corrected chi connectivity index (χ1v) is 7.42. The van der Waals surface area contributed by atoms with Crippen molar-refractivity contribution in [3.05, 3.63) is 51.8 Å². The van der Waals surface area contributed by atoms with Crippen LogP contribution < -0.4 is 0 Å². The summed E-state index contributed by atoms with van der Waals surface area (Å²) in [5.41, 5.74) is 2.74. The van der Waals surface area contributed by atoms with Gasteiger partial charge in [-0.1, -0.05) is 22.0 Å². The van der Waals surface area contributed by atoms with E-state index >= 15 is 0 Å². The minimum absolute atomic E-state index is 0.672. The third kappa shape index (κ3) is 2.35. The van der Waals surface area contributed by atoms with E-state index in [1.54, 1.807) is 6.20 Å². The first kappa shape index (κ1) is 12.9. The third-order valence-electron chi connectivity index (χ3n) is 3.95. The van der Waals surface area contributed by atoms with Gasteiger partial charge in [-0.05, 0) is 43.0 Å². The Kier molecular flexibility index (Phi) is 3.23. The van der Waals surface area contributed by atoms with Crippen molar-refractivity contribution >= 4 is 15.9 Å². The molecule has 3 rings (SSSR count). The molecule has 4 heteroatoms. The van der Waals surface area contributed by atoms with Crippen LogP contribution in [0.5, 0.6) is 0 Å². The molecule has 0 saturated carbocycles. The lowest BCUT2D eigenvalue weighted by Gasteiger charge is -2.33. The highest BCUT2D eigenvalue weighted by Gasteiger charge is 2.34. The number of halogens is 1. The number of hydrogen-bond donors (Lipinski definition) is 1. The van der Waals surface area contributed by atoms with E-state index in [1.165, 1.54) is 11.1 Å². The molecule has 0 spiro atoms. The molecular weight excluding hydrogens is 304 g/mol. The van der Waals surface area contributed by atoms with E-state index in [-0.39, 0.29) is 0 Å². The molecule has 100 valence electrons. The standard InChI is InChI=1S/C15H17BrN2O/c1-2-18-10-13(9-17-18)15(19)6-5-11-7-14(16)4-3-12(11)8-15/h3-4,7,9-10,19H,2,5-6,8H2,1H3. The second-order valence-electron chi connectivity index (χ2n) is 5.21. The number of hydrogen-bond acceptors (Lipinski definition) is 2. The lowest BCUT2D eigenvalue weighted by molar-refractivity contribution is 0.0221. The molecule has 0 bridgehead atoms. The molecule has 0 fully saturated rings. The van der Waals surface area contributed by atoms with Crippen molar-refractivity contribution < 1.29 is 5.11 Å². The van der Waals surface area contributed by atoms with Gasteiger partial charge in [0.25, 0.3) is 0 Å². The van der Waals surface area contributed by atoms with Crippen LogP contribution >= 0.6 is 15.9 Å². The fraction of sp³-hybridized carbons (Fsp3) is 0.400. The molecular formula is C15H17BrN2O. The Morgan fingerprint density at radius 2 is 2.26 bits per heavy atom. The second-order valence-corrected chi connectivity index (χ2v) is 6.12. The molecule has 1 aromatic carbocycles. The summed E-state index contributed by atoms with van der Waals surface area (Å²) in [7, 11) is 0. The monoisotopic (exact) mass is 320 g/mol. The Morgan fingerprint density at radius 3 is 3.00 bits per heavy atom. The fourth-order valence-electron chi connectivity index (χ4n) is 2.77. The zero-order chi connectivity index (χ0) is 13.5. The summed E-state index contributed by atoms with van der Waals surface area (Å²) >= 11 is 3.50. The Morgan fingerprint density at radius 1 is 1.42 bits per heavy atom. The highest BCUT2D eigenvalue weighted by molar-refractivity contribution is 9.10. The van der Waals surface area contributed by atoms with Gasteiger partial charge in [-0.2, -0.15) is 5.10 Å². The number of aryl methyl sites for hydroxylation is 2. The summed E-state index contributed by atoms with van der Waals surface area (Å²) in [6, 6.07) is 6.30. The molecule has 1 N–H and O–H groups in total. The normalized spacial score (nSPS) is 22.3. The van der Waals surface area contributed by atoms with E-state index in [1.807, 2.05) is 16.9 Å². The van der Waals surface area contributed by atoms with E-state index in [0.717, 1.165) is 29.4 Å². The summed E-state index contributed by atoms with van der Waals surface area (Å²) in [5, 5.41) is 15.2. The highest BCUT2D eigenvalue weighted by atomic mass is 79.9. The van der Waals surface area contributed by atoms with Crippen LogP contribution in [0.2, 0.25) is 0 Å². The van der Waals surface area contributed by atoms with Crippen LogP contribution in [0.15, 0.2) is 35.1 Å². The topological polar surface area (TPSA) is 38.0 Å². The molecule has 0 aliphatic heterocycles. The Labute approximate surface area is 121 Å². The summed E-state index contributed by atoms with van der Waals surface area (Å²) in [5.74, 6) is 0. The zero-order valence-electron chi connectivity index (χ0n) is 10.9. The van der Waals surface area contributed by atoms with Crippen molar-refractivity contribution in [3.8, 4) is 0 Å². The molecule has 1 atom stereocenters. The lowest BCUT2D eigenvalue weighted by Crippen LogP contribution is -2.32. The maximum absolute atomic E-state index is 10.9. The minimum Gasteiger partial charge on any atom is -0.385 e. The first-order valence-electron chi connectivity index (χ1n) is 6.63. The van der Waals surface area contributed by atoms with Gasteiger partial charge in [0.15, 0.2) is 0 Å². The van der Waals surface area contributed by atoms with Gasteiger partial charge in [-0.15, -0.1) is 0 Å². The molecule has 0 amide bonds. The highest BCUT2D eigenvalue weighted by Crippen LogP contribution is 2.37. The largest absolute Gasteiger partial charge is 0.385 e. The smallest absolute Gasteiger partial charge is 0.0970 e. The summed E-state index contributed by atoms with van der Waals surface area (Å²) < 4.78 is 2.97. The van der Waals surface area contributed by atoms with Crippen molar-refractivity contribution in [3.63, 3.8) is 0 Å². The van der Waals surface area contributed by atoms with Crippen molar-refractivity contribution in [1.29, 1.82) is 0 Å². The van der Waals surface area contributed by atoms with Crippen molar-refractivity contribution in [2.75, 3.05) is 0 Å². The van der Waals surface area contributed by atoms with E-state index in [2.05, 4.69) is 40.1 Å². The Hall–Kier alpha value is -1.13. The first-order chi connectivity index (χ1) is 9.10. The van der Waals surface area contributed by atoms with Gasteiger partial charge in [0.2, 0.25) is 0 Å². The number of nitrogens with zero attached hydrogens (tertiary/aromatic N) is 2. The van der Waals surface area contributed by atoms with Gasteiger partial charge < -0.3 is 5.11 Å². The van der Waals surface area contributed by atoms with Gasteiger partial charge in [0, 0.05) is 29.2 Å². The predicted octanol–water partition coefficient (Wildman–Crippen LogP) is 3.04. The number of aliphatic hydroxyl groups is 1. The quantitative estimate of drug-likeness (QED) is 0.923. The van der Waals surface area contributed by atoms with E-state index < -0.39 is 5.60 Å². The van der Waals surface area contributed by atoms with Crippen molar-refractivity contribution in [2.24, 2.45) is 0 Å². The van der Waals surface area contributed by atoms with Crippen LogP contribution in [0.3, 0.4) is 0 Å². The zero-order valence-corrected chi connectivity index (χ0v) is 12.5. The average Bonchev–Trinajstić information content (AvgIpc) is 2.89. The maximum atomic E-state index is 10.9. The van der Waals surface area contributed by atoms with Crippen LogP contribution in [0.4, 0.5) is 0 Å². The maximum Gasteiger partial charge on any atom is 0.0970 e. The molecule has 3 nitrogen and oxygen atoms in total. The third-order valence-corrected chi connectivity index (χ3v) is 4.45. The number of fused-ring (bicyclic) bond motifs is 1. The van der Waals surface area contributed by atoms with Gasteiger partial charge in [0.05, 0.1) is 11.8 Å². The van der Waals surface area contributed by atoms with E-state index in [9.17, 15) is 5.11 Å². The second kappa shape index (κ2) is 4.76. The van der Waals surface area contributed by atoms with Crippen LogP contribution in [0.1, 0.15) is 30.0 Å². The lowest BCUT2D eigenvalue weighted by atomic mass is 9.77. The molecule has 1 heterocycles. The van der Waals surface area contributed by atoms with Crippen molar-refractivity contribution in [1.82, 2.24) is 9.78 Å². The fourth-order valence-corrected chi connectivity index (χ4v) is 3.18. The Balaban J connectivity index is 1.93. The molecule has 1 aliphatic rings. The molecule has 2 aromatic rings. The van der Waals surface area contributed by atoms with Crippen LogP contribution in [-0.2, 0) is 25.0 Å². The van der Waals surface area contributed by atoms with E-state index in [4.69, 9.17) is 0 Å². The summed E-state index contributed by atoms with van der Waals surface area (Å²) in [4.78, 5) is 0. The van der Waals surface area contributed by atoms with Gasteiger partial charge >= 0.3 is 0 Å². The molecule has 19 heavy (non-hydrogen) atoms. The number of benzene rings is 1.